The van der Waals surface area contributed by atoms with Gasteiger partial charge in [0.25, 0.3) is 0 Å². The van der Waals surface area contributed by atoms with Crippen molar-refractivity contribution in [3.63, 3.8) is 0 Å². The van der Waals surface area contributed by atoms with Gasteiger partial charge >= 0.3 is 6.03 Å². The van der Waals surface area contributed by atoms with E-state index >= 15 is 0 Å². The highest BCUT2D eigenvalue weighted by molar-refractivity contribution is 5.95. The van der Waals surface area contributed by atoms with Crippen LogP contribution in [0, 0.1) is 5.92 Å². The fourth-order valence-electron chi connectivity index (χ4n) is 2.52. The molecule has 0 radical (unpaired) electrons. The minimum atomic E-state index is -0.348. The molecular weight excluding hydrogens is 256 g/mol. The molecule has 0 unspecified atom stereocenters. The fourth-order valence-corrected chi connectivity index (χ4v) is 2.52. The van der Waals surface area contributed by atoms with Crippen molar-refractivity contribution in [3.05, 3.63) is 0 Å². The van der Waals surface area contributed by atoms with Crippen molar-refractivity contribution < 1.29 is 9.59 Å². The Balaban J connectivity index is 1.59. The van der Waals surface area contributed by atoms with E-state index in [2.05, 4.69) is 27.8 Å². The standard InChI is InChI=1S/C14H26N4O2/c1-2-15-9-11-5-7-18(8-6-11)10-13(19)17-14(20)16-12-3-4-12/h11-12,15H,2-10H2,1H3,(H2,16,17,19,20). The van der Waals surface area contributed by atoms with Crippen molar-refractivity contribution in [2.24, 2.45) is 5.92 Å². The molecule has 2 fully saturated rings. The zero-order chi connectivity index (χ0) is 14.4. The molecule has 1 saturated carbocycles. The van der Waals surface area contributed by atoms with Crippen LogP contribution in [0.3, 0.4) is 0 Å². The summed E-state index contributed by atoms with van der Waals surface area (Å²) in [6.07, 6.45) is 4.30. The van der Waals surface area contributed by atoms with E-state index in [9.17, 15) is 9.59 Å². The fraction of sp³-hybridized carbons (Fsp3) is 0.857. The van der Waals surface area contributed by atoms with E-state index in [0.717, 1.165) is 51.9 Å². The number of nitrogens with zero attached hydrogens (tertiary/aromatic N) is 1. The molecule has 1 heterocycles. The lowest BCUT2D eigenvalue weighted by molar-refractivity contribution is -0.121. The molecule has 1 saturated heterocycles. The number of rotatable bonds is 6. The molecule has 3 amide bonds. The number of piperidine rings is 1. The SMILES string of the molecule is CCNCC1CCN(CC(=O)NC(=O)NC2CC2)CC1. The summed E-state index contributed by atoms with van der Waals surface area (Å²) in [4.78, 5) is 25.3. The minimum absolute atomic E-state index is 0.201. The Bertz CT molecular complexity index is 336. The summed E-state index contributed by atoms with van der Waals surface area (Å²) >= 11 is 0. The Morgan fingerprint density at radius 2 is 1.85 bits per heavy atom. The van der Waals surface area contributed by atoms with Crippen molar-refractivity contribution in [2.45, 2.75) is 38.6 Å². The first kappa shape index (κ1) is 15.3. The number of hydrogen-bond donors (Lipinski definition) is 3. The second-order valence-electron chi connectivity index (χ2n) is 5.82. The number of hydrogen-bond acceptors (Lipinski definition) is 4. The lowest BCUT2D eigenvalue weighted by Crippen LogP contribution is -2.47. The van der Waals surface area contributed by atoms with Gasteiger partial charge in [-0.2, -0.15) is 0 Å². The molecule has 0 atom stereocenters. The number of urea groups is 1. The first-order chi connectivity index (χ1) is 9.67. The number of likely N-dealkylation sites (tertiary alicyclic amines) is 1. The predicted octanol–water partition coefficient (Wildman–Crippen LogP) is 0.296. The smallest absolute Gasteiger partial charge is 0.321 e. The Labute approximate surface area is 120 Å². The van der Waals surface area contributed by atoms with Gasteiger partial charge in [0.05, 0.1) is 6.54 Å². The Kier molecular flexibility index (Phi) is 5.79. The lowest BCUT2D eigenvalue weighted by Gasteiger charge is -2.31. The number of carbonyl (C=O) groups excluding carboxylic acids is 2. The molecular formula is C14H26N4O2. The van der Waals surface area contributed by atoms with Crippen molar-refractivity contribution >= 4 is 11.9 Å². The van der Waals surface area contributed by atoms with Crippen LogP contribution in [0.2, 0.25) is 0 Å². The number of carbonyl (C=O) groups is 2. The number of imide groups is 1. The Morgan fingerprint density at radius 3 is 2.45 bits per heavy atom. The van der Waals surface area contributed by atoms with Crippen molar-refractivity contribution in [2.75, 3.05) is 32.7 Å². The van der Waals surface area contributed by atoms with Crippen LogP contribution < -0.4 is 16.0 Å². The third kappa shape index (κ3) is 5.46. The molecule has 6 heteroatoms. The number of nitrogens with one attached hydrogen (secondary N) is 3. The van der Waals surface area contributed by atoms with Crippen molar-refractivity contribution in [1.29, 1.82) is 0 Å². The highest BCUT2D eigenvalue weighted by Gasteiger charge is 2.25. The van der Waals surface area contributed by atoms with E-state index in [4.69, 9.17) is 0 Å². The van der Waals surface area contributed by atoms with Gasteiger partial charge < -0.3 is 10.6 Å². The molecule has 2 aliphatic rings. The van der Waals surface area contributed by atoms with Crippen LogP contribution in [0.4, 0.5) is 4.79 Å². The second-order valence-corrected chi connectivity index (χ2v) is 5.82. The van der Waals surface area contributed by atoms with Gasteiger partial charge in [0.15, 0.2) is 0 Å². The van der Waals surface area contributed by atoms with E-state index in [0.29, 0.717) is 12.5 Å². The van der Waals surface area contributed by atoms with Gasteiger partial charge in [0.1, 0.15) is 0 Å². The molecule has 1 aliphatic heterocycles. The summed E-state index contributed by atoms with van der Waals surface area (Å²) in [5.74, 6) is 0.515. The Morgan fingerprint density at radius 1 is 1.15 bits per heavy atom. The maximum atomic E-state index is 11.8. The summed E-state index contributed by atoms with van der Waals surface area (Å²) in [7, 11) is 0. The van der Waals surface area contributed by atoms with Gasteiger partial charge in [0, 0.05) is 6.04 Å². The largest absolute Gasteiger partial charge is 0.335 e. The molecule has 6 nitrogen and oxygen atoms in total. The molecule has 0 aromatic heterocycles. The summed E-state index contributed by atoms with van der Waals surface area (Å²) < 4.78 is 0. The molecule has 0 bridgehead atoms. The molecule has 0 aromatic carbocycles. The molecule has 20 heavy (non-hydrogen) atoms. The Hall–Kier alpha value is -1.14. The minimum Gasteiger partial charge on any atom is -0.335 e. The average Bonchev–Trinajstić information content (AvgIpc) is 3.21. The molecule has 0 aromatic rings. The highest BCUT2D eigenvalue weighted by atomic mass is 16.2. The first-order valence-corrected chi connectivity index (χ1v) is 7.70. The van der Waals surface area contributed by atoms with Gasteiger partial charge in [-0.15, -0.1) is 0 Å². The van der Waals surface area contributed by atoms with E-state index in [-0.39, 0.29) is 18.0 Å². The highest BCUT2D eigenvalue weighted by Crippen LogP contribution is 2.18. The van der Waals surface area contributed by atoms with E-state index < -0.39 is 0 Å². The predicted molar refractivity (Wildman–Crippen MR) is 77.4 cm³/mol. The molecule has 2 rings (SSSR count). The van der Waals surface area contributed by atoms with Gasteiger partial charge in [-0.3, -0.25) is 15.0 Å². The van der Waals surface area contributed by atoms with Crippen LogP contribution in [0.15, 0.2) is 0 Å². The average molecular weight is 282 g/mol. The van der Waals surface area contributed by atoms with Crippen molar-refractivity contribution in [3.8, 4) is 0 Å². The van der Waals surface area contributed by atoms with Crippen LogP contribution >= 0.6 is 0 Å². The van der Waals surface area contributed by atoms with Gasteiger partial charge in [-0.05, 0) is 57.8 Å². The zero-order valence-electron chi connectivity index (χ0n) is 12.3. The van der Waals surface area contributed by atoms with Crippen LogP contribution in [0.25, 0.3) is 0 Å². The van der Waals surface area contributed by atoms with Gasteiger partial charge in [-0.1, -0.05) is 6.92 Å². The van der Waals surface area contributed by atoms with Gasteiger partial charge in [0.2, 0.25) is 5.91 Å². The summed E-state index contributed by atoms with van der Waals surface area (Å²) in [6.45, 7) is 6.40. The molecule has 3 N–H and O–H groups in total. The third-order valence-corrected chi connectivity index (χ3v) is 3.92. The maximum Gasteiger partial charge on any atom is 0.321 e. The topological polar surface area (TPSA) is 73.5 Å². The quantitative estimate of drug-likeness (QED) is 0.655. The van der Waals surface area contributed by atoms with E-state index in [1.807, 2.05) is 0 Å². The van der Waals surface area contributed by atoms with Gasteiger partial charge in [-0.25, -0.2) is 4.79 Å². The maximum absolute atomic E-state index is 11.8. The summed E-state index contributed by atoms with van der Waals surface area (Å²) in [5.41, 5.74) is 0. The van der Waals surface area contributed by atoms with Crippen LogP contribution in [-0.4, -0.2) is 55.6 Å². The van der Waals surface area contributed by atoms with Crippen LogP contribution in [0.5, 0.6) is 0 Å². The van der Waals surface area contributed by atoms with Crippen LogP contribution in [-0.2, 0) is 4.79 Å². The third-order valence-electron chi connectivity index (χ3n) is 3.92. The monoisotopic (exact) mass is 282 g/mol. The second kappa shape index (κ2) is 7.59. The van der Waals surface area contributed by atoms with Crippen molar-refractivity contribution in [1.82, 2.24) is 20.9 Å². The zero-order valence-corrected chi connectivity index (χ0v) is 12.3. The molecule has 0 spiro atoms. The molecule has 114 valence electrons. The van der Waals surface area contributed by atoms with E-state index in [1.165, 1.54) is 0 Å². The lowest BCUT2D eigenvalue weighted by atomic mass is 9.97. The normalized spacial score (nSPS) is 20.6. The molecule has 1 aliphatic carbocycles. The van der Waals surface area contributed by atoms with E-state index in [1.54, 1.807) is 0 Å². The number of amides is 3. The summed E-state index contributed by atoms with van der Waals surface area (Å²) in [5, 5.41) is 8.53. The summed E-state index contributed by atoms with van der Waals surface area (Å²) in [6, 6.07) is -0.0656. The first-order valence-electron chi connectivity index (χ1n) is 7.70. The van der Waals surface area contributed by atoms with Crippen LogP contribution in [0.1, 0.15) is 32.6 Å².